The summed E-state index contributed by atoms with van der Waals surface area (Å²) in [6.45, 7) is 1.94. The van der Waals surface area contributed by atoms with E-state index in [-0.39, 0.29) is 42.1 Å². The molecule has 0 aliphatic heterocycles. The number of alkyl halides is 3. The zero-order valence-electron chi connectivity index (χ0n) is 16.4. The van der Waals surface area contributed by atoms with E-state index in [1.807, 2.05) is 37.3 Å². The summed E-state index contributed by atoms with van der Waals surface area (Å²) in [5.74, 6) is 0.122. The molecule has 3 rings (SSSR count). The van der Waals surface area contributed by atoms with E-state index in [4.69, 9.17) is 4.52 Å². The number of halogens is 3. The van der Waals surface area contributed by atoms with Crippen LogP contribution in [0.3, 0.4) is 0 Å². The number of hydrogen-bond donors (Lipinski definition) is 1. The van der Waals surface area contributed by atoms with E-state index in [1.165, 1.54) is 17.7 Å². The van der Waals surface area contributed by atoms with E-state index in [9.17, 15) is 18.0 Å². The first-order chi connectivity index (χ1) is 14.3. The second kappa shape index (κ2) is 9.56. The lowest BCUT2D eigenvalue weighted by Crippen LogP contribution is -2.33. The molecular weight excluding hydrogens is 395 g/mol. The average molecular weight is 417 g/mol. The fraction of sp³-hybridized carbons (Fsp3) is 0.318. The Balaban J connectivity index is 1.48. The quantitative estimate of drug-likeness (QED) is 0.570. The van der Waals surface area contributed by atoms with Crippen LogP contribution in [-0.2, 0) is 23.8 Å². The number of amides is 1. The van der Waals surface area contributed by atoms with E-state index in [0.29, 0.717) is 0 Å². The topological polar surface area (TPSA) is 68.0 Å². The Hall–Kier alpha value is -3.16. The van der Waals surface area contributed by atoms with E-state index >= 15 is 0 Å². The van der Waals surface area contributed by atoms with Gasteiger partial charge in [-0.25, -0.2) is 0 Å². The van der Waals surface area contributed by atoms with E-state index in [0.717, 1.165) is 25.0 Å². The molecule has 0 aliphatic rings. The standard InChI is InChI=1S/C22H22F3N3O2/c1-15(10-11-16-6-3-2-4-7-16)26-19(29)12-13-20-27-21(28-30-20)17-8-5-9-18(14-17)22(23,24)25/h2-9,14-15H,10-13H2,1H3,(H,26,29). The van der Waals surface area contributed by atoms with Crippen LogP contribution in [0, 0.1) is 0 Å². The Morgan fingerprint density at radius 1 is 1.10 bits per heavy atom. The van der Waals surface area contributed by atoms with Gasteiger partial charge in [0.05, 0.1) is 5.56 Å². The second-order valence-corrected chi connectivity index (χ2v) is 7.08. The van der Waals surface area contributed by atoms with Crippen molar-refractivity contribution in [1.82, 2.24) is 15.5 Å². The lowest BCUT2D eigenvalue weighted by atomic mass is 10.1. The number of hydrogen-bond acceptors (Lipinski definition) is 4. The van der Waals surface area contributed by atoms with Crippen molar-refractivity contribution in [2.24, 2.45) is 0 Å². The van der Waals surface area contributed by atoms with Crippen molar-refractivity contribution in [3.63, 3.8) is 0 Å². The fourth-order valence-electron chi connectivity index (χ4n) is 2.98. The number of carbonyl (C=O) groups is 1. The molecule has 3 aromatic rings. The van der Waals surface area contributed by atoms with Gasteiger partial charge >= 0.3 is 6.18 Å². The third kappa shape index (κ3) is 6.17. The van der Waals surface area contributed by atoms with Crippen LogP contribution < -0.4 is 5.32 Å². The Labute approximate surface area is 172 Å². The van der Waals surface area contributed by atoms with Gasteiger partial charge in [0.2, 0.25) is 17.6 Å². The van der Waals surface area contributed by atoms with Gasteiger partial charge in [0, 0.05) is 24.4 Å². The number of aryl methyl sites for hydroxylation is 2. The SMILES string of the molecule is CC(CCc1ccccc1)NC(=O)CCc1nc(-c2cccc(C(F)(F)F)c2)no1. The van der Waals surface area contributed by atoms with Gasteiger partial charge in [-0.05, 0) is 37.5 Å². The van der Waals surface area contributed by atoms with Gasteiger partial charge in [-0.15, -0.1) is 0 Å². The number of carbonyl (C=O) groups excluding carboxylic acids is 1. The summed E-state index contributed by atoms with van der Waals surface area (Å²) >= 11 is 0. The predicted molar refractivity (Wildman–Crippen MR) is 105 cm³/mol. The van der Waals surface area contributed by atoms with Crippen molar-refractivity contribution in [1.29, 1.82) is 0 Å². The summed E-state index contributed by atoms with van der Waals surface area (Å²) in [5.41, 5.74) is 0.639. The highest BCUT2D eigenvalue weighted by molar-refractivity contribution is 5.76. The largest absolute Gasteiger partial charge is 0.416 e. The number of rotatable bonds is 8. The van der Waals surface area contributed by atoms with Crippen molar-refractivity contribution in [2.45, 2.75) is 44.8 Å². The number of aromatic nitrogens is 2. The van der Waals surface area contributed by atoms with E-state index in [2.05, 4.69) is 15.5 Å². The monoisotopic (exact) mass is 417 g/mol. The molecule has 1 N–H and O–H groups in total. The molecule has 0 spiro atoms. The third-order valence-electron chi connectivity index (χ3n) is 4.60. The maximum absolute atomic E-state index is 12.8. The molecule has 1 unspecified atom stereocenters. The molecule has 0 aliphatic carbocycles. The van der Waals surface area contributed by atoms with Crippen molar-refractivity contribution in [3.8, 4) is 11.4 Å². The van der Waals surface area contributed by atoms with Crippen LogP contribution in [0.5, 0.6) is 0 Å². The molecular formula is C22H22F3N3O2. The van der Waals surface area contributed by atoms with Gasteiger partial charge in [-0.1, -0.05) is 47.6 Å². The van der Waals surface area contributed by atoms with Crippen LogP contribution in [0.15, 0.2) is 59.1 Å². The Bertz CT molecular complexity index is 971. The smallest absolute Gasteiger partial charge is 0.354 e. The van der Waals surface area contributed by atoms with Gasteiger partial charge in [0.15, 0.2) is 0 Å². The van der Waals surface area contributed by atoms with Crippen LogP contribution in [0.1, 0.15) is 36.8 Å². The molecule has 0 saturated carbocycles. The molecule has 2 aromatic carbocycles. The molecule has 1 aromatic heterocycles. The van der Waals surface area contributed by atoms with Crippen molar-refractivity contribution < 1.29 is 22.5 Å². The van der Waals surface area contributed by atoms with Gasteiger partial charge in [-0.3, -0.25) is 4.79 Å². The maximum Gasteiger partial charge on any atom is 0.416 e. The normalized spacial score (nSPS) is 12.5. The summed E-state index contributed by atoms with van der Waals surface area (Å²) in [4.78, 5) is 16.2. The zero-order chi connectivity index (χ0) is 21.6. The van der Waals surface area contributed by atoms with Gasteiger partial charge in [0.25, 0.3) is 0 Å². The highest BCUT2D eigenvalue weighted by atomic mass is 19.4. The molecule has 8 heteroatoms. The molecule has 0 fully saturated rings. The first kappa shape index (κ1) is 21.5. The van der Waals surface area contributed by atoms with Crippen molar-refractivity contribution in [2.75, 3.05) is 0 Å². The summed E-state index contributed by atoms with van der Waals surface area (Å²) in [6, 6.07) is 14.8. The van der Waals surface area contributed by atoms with Gasteiger partial charge in [0.1, 0.15) is 0 Å². The maximum atomic E-state index is 12.8. The van der Waals surface area contributed by atoms with Crippen LogP contribution in [-0.4, -0.2) is 22.1 Å². The Kier molecular flexibility index (Phi) is 6.87. The van der Waals surface area contributed by atoms with Gasteiger partial charge < -0.3 is 9.84 Å². The first-order valence-electron chi connectivity index (χ1n) is 9.65. The molecule has 0 bridgehead atoms. The first-order valence-corrected chi connectivity index (χ1v) is 9.65. The molecule has 1 heterocycles. The Morgan fingerprint density at radius 3 is 2.60 bits per heavy atom. The summed E-state index contributed by atoms with van der Waals surface area (Å²) in [7, 11) is 0. The zero-order valence-corrected chi connectivity index (χ0v) is 16.4. The summed E-state index contributed by atoms with van der Waals surface area (Å²) < 4.78 is 43.6. The highest BCUT2D eigenvalue weighted by Gasteiger charge is 2.30. The molecule has 0 saturated heterocycles. The lowest BCUT2D eigenvalue weighted by Gasteiger charge is -2.13. The summed E-state index contributed by atoms with van der Waals surface area (Å²) in [5, 5.41) is 6.66. The van der Waals surface area contributed by atoms with Crippen LogP contribution in [0.4, 0.5) is 13.2 Å². The number of benzene rings is 2. The van der Waals surface area contributed by atoms with E-state index in [1.54, 1.807) is 0 Å². The molecule has 1 amide bonds. The van der Waals surface area contributed by atoms with Crippen molar-refractivity contribution >= 4 is 5.91 Å². The highest BCUT2D eigenvalue weighted by Crippen LogP contribution is 2.31. The van der Waals surface area contributed by atoms with E-state index < -0.39 is 11.7 Å². The minimum Gasteiger partial charge on any atom is -0.354 e. The van der Waals surface area contributed by atoms with Crippen LogP contribution in [0.25, 0.3) is 11.4 Å². The van der Waals surface area contributed by atoms with Crippen molar-refractivity contribution in [3.05, 3.63) is 71.6 Å². The molecule has 30 heavy (non-hydrogen) atoms. The van der Waals surface area contributed by atoms with Crippen LogP contribution in [0.2, 0.25) is 0 Å². The Morgan fingerprint density at radius 2 is 1.87 bits per heavy atom. The molecule has 1 atom stereocenters. The number of nitrogens with one attached hydrogen (secondary N) is 1. The molecule has 0 radical (unpaired) electrons. The fourth-order valence-corrected chi connectivity index (χ4v) is 2.98. The molecule has 158 valence electrons. The minimum atomic E-state index is -4.45. The predicted octanol–water partition coefficient (Wildman–Crippen LogP) is 4.83. The minimum absolute atomic E-state index is 0.0149. The third-order valence-corrected chi connectivity index (χ3v) is 4.60. The average Bonchev–Trinajstić information content (AvgIpc) is 3.20. The second-order valence-electron chi connectivity index (χ2n) is 7.08. The number of nitrogens with zero attached hydrogens (tertiary/aromatic N) is 2. The van der Waals surface area contributed by atoms with Crippen LogP contribution >= 0.6 is 0 Å². The van der Waals surface area contributed by atoms with Gasteiger partial charge in [-0.2, -0.15) is 18.2 Å². The lowest BCUT2D eigenvalue weighted by molar-refractivity contribution is -0.137. The molecule has 5 nitrogen and oxygen atoms in total. The summed E-state index contributed by atoms with van der Waals surface area (Å²) in [6.07, 6.45) is -2.40.